The van der Waals surface area contributed by atoms with Crippen LogP contribution in [0.4, 0.5) is 8.78 Å². The Bertz CT molecular complexity index is 911. The van der Waals surface area contributed by atoms with Crippen molar-refractivity contribution in [3.8, 4) is 11.3 Å². The van der Waals surface area contributed by atoms with Crippen molar-refractivity contribution in [3.63, 3.8) is 0 Å². The van der Waals surface area contributed by atoms with Crippen molar-refractivity contribution < 1.29 is 18.3 Å². The van der Waals surface area contributed by atoms with Gasteiger partial charge in [-0.2, -0.15) is 0 Å². The molecule has 0 bridgehead atoms. The van der Waals surface area contributed by atoms with Crippen LogP contribution in [0.1, 0.15) is 10.4 Å². The lowest BCUT2D eigenvalue weighted by molar-refractivity contribution is 0.0601. The maximum absolute atomic E-state index is 14.1. The van der Waals surface area contributed by atoms with Gasteiger partial charge in [-0.25, -0.2) is 13.6 Å². The predicted molar refractivity (Wildman–Crippen MR) is 81.2 cm³/mol. The van der Waals surface area contributed by atoms with Crippen molar-refractivity contribution in [2.75, 3.05) is 7.11 Å². The minimum Gasteiger partial charge on any atom is -0.465 e. The summed E-state index contributed by atoms with van der Waals surface area (Å²) in [6, 6.07) is 4.23. The Kier molecular flexibility index (Phi) is 3.92. The first-order valence-corrected chi connectivity index (χ1v) is 6.86. The van der Waals surface area contributed by atoms with E-state index < -0.39 is 17.6 Å². The van der Waals surface area contributed by atoms with E-state index in [0.29, 0.717) is 0 Å². The van der Waals surface area contributed by atoms with E-state index in [1.165, 1.54) is 31.5 Å². The van der Waals surface area contributed by atoms with Gasteiger partial charge < -0.3 is 4.74 Å². The topological polar surface area (TPSA) is 52.1 Å². The first-order valence-electron chi connectivity index (χ1n) is 6.49. The van der Waals surface area contributed by atoms with Crippen LogP contribution in [-0.4, -0.2) is 23.0 Å². The standard InChI is InChI=1S/C16H9ClF2N2O2/c1-23-16(22)8-2-3-9-10(4-8)15(21-7-12(9)18)14-11(17)5-20-6-13(14)19/h2-7H,1H3. The molecular formula is C16H9ClF2N2O2. The van der Waals surface area contributed by atoms with E-state index in [-0.39, 0.29) is 32.6 Å². The zero-order valence-electron chi connectivity index (χ0n) is 11.8. The van der Waals surface area contributed by atoms with Gasteiger partial charge in [-0.05, 0) is 12.1 Å². The number of hydrogen-bond donors (Lipinski definition) is 0. The molecule has 1 aromatic carbocycles. The molecule has 116 valence electrons. The van der Waals surface area contributed by atoms with Crippen LogP contribution in [0.3, 0.4) is 0 Å². The van der Waals surface area contributed by atoms with Gasteiger partial charge in [0.2, 0.25) is 0 Å². The summed E-state index contributed by atoms with van der Waals surface area (Å²) in [5.74, 6) is -1.88. The normalized spacial score (nSPS) is 10.8. The molecule has 2 heterocycles. The third-order valence-electron chi connectivity index (χ3n) is 3.35. The van der Waals surface area contributed by atoms with Gasteiger partial charge in [-0.15, -0.1) is 0 Å². The molecule has 4 nitrogen and oxygen atoms in total. The van der Waals surface area contributed by atoms with E-state index in [9.17, 15) is 13.6 Å². The van der Waals surface area contributed by atoms with Crippen LogP contribution in [0, 0.1) is 11.6 Å². The van der Waals surface area contributed by atoms with Crippen LogP contribution in [0.15, 0.2) is 36.8 Å². The molecule has 0 radical (unpaired) electrons. The number of carbonyl (C=O) groups excluding carboxylic acids is 1. The number of esters is 1. The van der Waals surface area contributed by atoms with Crippen LogP contribution in [0.2, 0.25) is 5.02 Å². The summed E-state index contributed by atoms with van der Waals surface area (Å²) in [5, 5.41) is 0.476. The van der Waals surface area contributed by atoms with Gasteiger partial charge in [0, 0.05) is 17.0 Å². The number of ether oxygens (including phenoxy) is 1. The van der Waals surface area contributed by atoms with Crippen LogP contribution in [0.25, 0.3) is 22.0 Å². The van der Waals surface area contributed by atoms with Gasteiger partial charge in [-0.3, -0.25) is 9.97 Å². The number of nitrogens with zero attached hydrogens (tertiary/aromatic N) is 2. The monoisotopic (exact) mass is 334 g/mol. The molecule has 0 atom stereocenters. The highest BCUT2D eigenvalue weighted by Gasteiger charge is 2.18. The molecule has 0 fully saturated rings. The number of pyridine rings is 2. The van der Waals surface area contributed by atoms with Crippen molar-refractivity contribution >= 4 is 28.3 Å². The number of hydrogen-bond acceptors (Lipinski definition) is 4. The third kappa shape index (κ3) is 2.61. The molecular weight excluding hydrogens is 326 g/mol. The second-order valence-corrected chi connectivity index (χ2v) is 5.09. The number of methoxy groups -OCH3 is 1. The van der Waals surface area contributed by atoms with E-state index in [1.807, 2.05) is 0 Å². The molecule has 0 aliphatic rings. The number of fused-ring (bicyclic) bond motifs is 1. The Morgan fingerprint density at radius 3 is 2.61 bits per heavy atom. The van der Waals surface area contributed by atoms with Crippen molar-refractivity contribution in [2.24, 2.45) is 0 Å². The van der Waals surface area contributed by atoms with Gasteiger partial charge in [0.05, 0.1) is 41.3 Å². The Morgan fingerprint density at radius 2 is 1.91 bits per heavy atom. The van der Waals surface area contributed by atoms with Crippen LogP contribution >= 0.6 is 11.6 Å². The Labute approximate surface area is 134 Å². The smallest absolute Gasteiger partial charge is 0.337 e. The first-order chi connectivity index (χ1) is 11.0. The molecule has 3 aromatic rings. The van der Waals surface area contributed by atoms with Gasteiger partial charge in [-0.1, -0.05) is 17.7 Å². The molecule has 0 amide bonds. The van der Waals surface area contributed by atoms with Crippen LogP contribution in [-0.2, 0) is 4.74 Å². The second-order valence-electron chi connectivity index (χ2n) is 4.68. The lowest BCUT2D eigenvalue weighted by atomic mass is 10.0. The largest absolute Gasteiger partial charge is 0.465 e. The molecule has 0 unspecified atom stereocenters. The van der Waals surface area contributed by atoms with Crippen molar-refractivity contribution in [3.05, 3.63) is 59.0 Å². The highest BCUT2D eigenvalue weighted by Crippen LogP contribution is 2.34. The Morgan fingerprint density at radius 1 is 1.13 bits per heavy atom. The molecule has 0 spiro atoms. The van der Waals surface area contributed by atoms with Crippen molar-refractivity contribution in [2.45, 2.75) is 0 Å². The molecule has 0 aliphatic carbocycles. The second kappa shape index (κ2) is 5.89. The summed E-state index contributed by atoms with van der Waals surface area (Å²) in [6.45, 7) is 0. The van der Waals surface area contributed by atoms with Crippen molar-refractivity contribution in [1.29, 1.82) is 0 Å². The predicted octanol–water partition coefficient (Wildman–Crippen LogP) is 4.02. The zero-order valence-corrected chi connectivity index (χ0v) is 12.6. The number of benzene rings is 1. The lowest BCUT2D eigenvalue weighted by Crippen LogP contribution is -2.02. The summed E-state index contributed by atoms with van der Waals surface area (Å²) >= 11 is 6.01. The quantitative estimate of drug-likeness (QED) is 0.664. The van der Waals surface area contributed by atoms with E-state index in [4.69, 9.17) is 11.6 Å². The van der Waals surface area contributed by atoms with Gasteiger partial charge >= 0.3 is 5.97 Å². The highest BCUT2D eigenvalue weighted by atomic mass is 35.5. The number of halogens is 3. The van der Waals surface area contributed by atoms with Gasteiger partial charge in [0.1, 0.15) is 5.82 Å². The fourth-order valence-electron chi connectivity index (χ4n) is 2.29. The fourth-order valence-corrected chi connectivity index (χ4v) is 2.53. The van der Waals surface area contributed by atoms with E-state index in [2.05, 4.69) is 14.7 Å². The molecule has 0 N–H and O–H groups in total. The summed E-state index contributed by atoms with van der Waals surface area (Å²) < 4.78 is 32.7. The average molecular weight is 335 g/mol. The Balaban J connectivity index is 2.37. The molecule has 7 heteroatoms. The van der Waals surface area contributed by atoms with Crippen molar-refractivity contribution in [1.82, 2.24) is 9.97 Å². The first kappa shape index (κ1) is 15.3. The minimum absolute atomic E-state index is 0.00585. The van der Waals surface area contributed by atoms with Crippen LogP contribution in [0.5, 0.6) is 0 Å². The number of aromatic nitrogens is 2. The van der Waals surface area contributed by atoms with Crippen LogP contribution < -0.4 is 0 Å². The number of carbonyl (C=O) groups is 1. The molecule has 0 aliphatic heterocycles. The summed E-state index contributed by atoms with van der Waals surface area (Å²) in [5.41, 5.74) is 0.310. The molecule has 0 saturated carbocycles. The molecule has 2 aromatic heterocycles. The SMILES string of the molecule is COC(=O)c1ccc2c(F)cnc(-c3c(F)cncc3Cl)c2c1. The third-order valence-corrected chi connectivity index (χ3v) is 3.64. The van der Waals surface area contributed by atoms with E-state index in [1.54, 1.807) is 0 Å². The van der Waals surface area contributed by atoms with Gasteiger partial charge in [0.15, 0.2) is 5.82 Å². The summed E-state index contributed by atoms with van der Waals surface area (Å²) in [6.07, 6.45) is 3.23. The molecule has 0 saturated heterocycles. The maximum Gasteiger partial charge on any atom is 0.337 e. The molecule has 23 heavy (non-hydrogen) atoms. The highest BCUT2D eigenvalue weighted by molar-refractivity contribution is 6.33. The zero-order chi connectivity index (χ0) is 16.6. The van der Waals surface area contributed by atoms with E-state index in [0.717, 1.165) is 12.4 Å². The van der Waals surface area contributed by atoms with E-state index >= 15 is 0 Å². The lowest BCUT2D eigenvalue weighted by Gasteiger charge is -2.10. The summed E-state index contributed by atoms with van der Waals surface area (Å²) in [4.78, 5) is 19.3. The minimum atomic E-state index is -0.693. The maximum atomic E-state index is 14.1. The average Bonchev–Trinajstić information content (AvgIpc) is 2.55. The number of rotatable bonds is 2. The van der Waals surface area contributed by atoms with Gasteiger partial charge in [0.25, 0.3) is 0 Å². The molecule has 3 rings (SSSR count). The Hall–Kier alpha value is -2.60. The fraction of sp³-hybridized carbons (Fsp3) is 0.0625. The summed E-state index contributed by atoms with van der Waals surface area (Å²) in [7, 11) is 1.23.